The van der Waals surface area contributed by atoms with Crippen molar-refractivity contribution in [2.45, 2.75) is 31.0 Å². The van der Waals surface area contributed by atoms with Crippen molar-refractivity contribution in [2.24, 2.45) is 0 Å². The van der Waals surface area contributed by atoms with Crippen LogP contribution in [0, 0.1) is 0 Å². The van der Waals surface area contributed by atoms with Gasteiger partial charge >= 0.3 is 0 Å². The summed E-state index contributed by atoms with van der Waals surface area (Å²) in [5.74, 6) is 0. The molecule has 2 atom stereocenters. The van der Waals surface area contributed by atoms with E-state index >= 15 is 0 Å². The molecule has 0 amide bonds. The van der Waals surface area contributed by atoms with Gasteiger partial charge in [0.25, 0.3) is 0 Å². The molecule has 1 aromatic heterocycles. The standard InChI is InChI=1S/C11H15ClN2O3S/c1-8-6-14(7-9(2)17-8)18(15,16)10-3-4-13-11(12)5-10/h3-5,8-9H,6-7H2,1-2H3/t8-,9+. The number of morpholine rings is 1. The third-order valence-electron chi connectivity index (χ3n) is 2.72. The van der Waals surface area contributed by atoms with Gasteiger partial charge in [-0.3, -0.25) is 0 Å². The Morgan fingerprint density at radius 1 is 1.39 bits per heavy atom. The van der Waals surface area contributed by atoms with Crippen LogP contribution in [0.5, 0.6) is 0 Å². The van der Waals surface area contributed by atoms with Crippen LogP contribution in [-0.2, 0) is 14.8 Å². The summed E-state index contributed by atoms with van der Waals surface area (Å²) in [6, 6.07) is 2.81. The van der Waals surface area contributed by atoms with E-state index in [1.165, 1.54) is 22.6 Å². The second-order valence-electron chi connectivity index (χ2n) is 4.39. The summed E-state index contributed by atoms with van der Waals surface area (Å²) in [6.07, 6.45) is 1.17. The van der Waals surface area contributed by atoms with E-state index < -0.39 is 10.0 Å². The van der Waals surface area contributed by atoms with E-state index in [4.69, 9.17) is 16.3 Å². The molecule has 0 N–H and O–H groups in total. The number of nitrogens with zero attached hydrogens (tertiary/aromatic N) is 2. The minimum Gasteiger partial charge on any atom is -0.373 e. The number of rotatable bonds is 2. The highest BCUT2D eigenvalue weighted by Crippen LogP contribution is 2.22. The molecule has 1 aliphatic rings. The largest absolute Gasteiger partial charge is 0.373 e. The maximum absolute atomic E-state index is 12.4. The monoisotopic (exact) mass is 290 g/mol. The number of pyridine rings is 1. The predicted molar refractivity (Wildman–Crippen MR) is 68.0 cm³/mol. The van der Waals surface area contributed by atoms with Crippen molar-refractivity contribution in [3.05, 3.63) is 23.5 Å². The number of hydrogen-bond acceptors (Lipinski definition) is 4. The zero-order chi connectivity index (χ0) is 13.3. The maximum atomic E-state index is 12.4. The van der Waals surface area contributed by atoms with Crippen LogP contribution in [0.2, 0.25) is 5.15 Å². The molecule has 0 aliphatic carbocycles. The van der Waals surface area contributed by atoms with E-state index in [2.05, 4.69) is 4.98 Å². The average Bonchev–Trinajstić information content (AvgIpc) is 2.27. The molecule has 0 bridgehead atoms. The van der Waals surface area contributed by atoms with E-state index in [0.29, 0.717) is 13.1 Å². The van der Waals surface area contributed by atoms with Crippen LogP contribution in [0.15, 0.2) is 23.2 Å². The Hall–Kier alpha value is -0.690. The lowest BCUT2D eigenvalue weighted by Gasteiger charge is -2.34. The molecule has 2 heterocycles. The first-order valence-corrected chi connectivity index (χ1v) is 7.48. The first-order chi connectivity index (χ1) is 8.39. The Kier molecular flexibility index (Phi) is 3.91. The van der Waals surface area contributed by atoms with Crippen molar-refractivity contribution in [1.82, 2.24) is 9.29 Å². The van der Waals surface area contributed by atoms with Gasteiger partial charge in [-0.2, -0.15) is 4.31 Å². The minimum atomic E-state index is -3.52. The van der Waals surface area contributed by atoms with E-state index in [9.17, 15) is 8.42 Å². The van der Waals surface area contributed by atoms with Gasteiger partial charge in [-0.15, -0.1) is 0 Å². The molecule has 0 saturated carbocycles. The maximum Gasteiger partial charge on any atom is 0.243 e. The van der Waals surface area contributed by atoms with Gasteiger partial charge in [0.15, 0.2) is 0 Å². The topological polar surface area (TPSA) is 59.5 Å². The van der Waals surface area contributed by atoms with Crippen LogP contribution < -0.4 is 0 Å². The van der Waals surface area contributed by atoms with Gasteiger partial charge in [0.05, 0.1) is 17.1 Å². The summed E-state index contributed by atoms with van der Waals surface area (Å²) in [4.78, 5) is 3.96. The van der Waals surface area contributed by atoms with Crippen LogP contribution >= 0.6 is 11.6 Å². The zero-order valence-corrected chi connectivity index (χ0v) is 11.8. The number of sulfonamides is 1. The van der Waals surface area contributed by atoms with Crippen LogP contribution in [-0.4, -0.2) is 43.0 Å². The number of hydrogen-bond donors (Lipinski definition) is 0. The molecule has 1 aromatic rings. The van der Waals surface area contributed by atoms with Gasteiger partial charge in [-0.05, 0) is 26.0 Å². The van der Waals surface area contributed by atoms with Gasteiger partial charge in [0, 0.05) is 19.3 Å². The molecule has 0 unspecified atom stereocenters. The Morgan fingerprint density at radius 2 is 2.00 bits per heavy atom. The molecule has 1 fully saturated rings. The first kappa shape index (κ1) is 13.7. The van der Waals surface area contributed by atoms with Crippen molar-refractivity contribution in [2.75, 3.05) is 13.1 Å². The summed E-state index contributed by atoms with van der Waals surface area (Å²) in [5.41, 5.74) is 0. The molecule has 5 nitrogen and oxygen atoms in total. The van der Waals surface area contributed by atoms with Gasteiger partial charge in [0.2, 0.25) is 10.0 Å². The van der Waals surface area contributed by atoms with Crippen molar-refractivity contribution < 1.29 is 13.2 Å². The van der Waals surface area contributed by atoms with Crippen molar-refractivity contribution in [3.63, 3.8) is 0 Å². The molecule has 1 aliphatic heterocycles. The lowest BCUT2D eigenvalue weighted by atomic mass is 10.3. The van der Waals surface area contributed by atoms with Gasteiger partial charge in [0.1, 0.15) is 5.15 Å². The second-order valence-corrected chi connectivity index (χ2v) is 6.72. The quantitative estimate of drug-likeness (QED) is 0.775. The number of halogens is 1. The van der Waals surface area contributed by atoms with E-state index in [-0.39, 0.29) is 22.3 Å². The Balaban J connectivity index is 2.31. The highest BCUT2D eigenvalue weighted by molar-refractivity contribution is 7.89. The second kappa shape index (κ2) is 5.13. The van der Waals surface area contributed by atoms with Crippen molar-refractivity contribution in [1.29, 1.82) is 0 Å². The first-order valence-electron chi connectivity index (χ1n) is 5.67. The summed E-state index contributed by atoms with van der Waals surface area (Å²) >= 11 is 5.73. The molecule has 7 heteroatoms. The van der Waals surface area contributed by atoms with Gasteiger partial charge in [-0.25, -0.2) is 13.4 Å². The molecular formula is C11H15ClN2O3S. The normalized spacial score (nSPS) is 26.2. The van der Waals surface area contributed by atoms with Crippen LogP contribution in [0.25, 0.3) is 0 Å². The fourth-order valence-corrected chi connectivity index (χ4v) is 3.86. The summed E-state index contributed by atoms with van der Waals surface area (Å²) in [5, 5.41) is 0.172. The molecular weight excluding hydrogens is 276 g/mol. The fourth-order valence-electron chi connectivity index (χ4n) is 2.02. The highest BCUT2D eigenvalue weighted by Gasteiger charge is 2.32. The van der Waals surface area contributed by atoms with E-state index in [0.717, 1.165) is 0 Å². The van der Waals surface area contributed by atoms with Crippen molar-refractivity contribution in [3.8, 4) is 0 Å². The fraction of sp³-hybridized carbons (Fsp3) is 0.545. The Labute approximate surface area is 112 Å². The number of aromatic nitrogens is 1. The smallest absolute Gasteiger partial charge is 0.243 e. The Morgan fingerprint density at radius 3 is 2.56 bits per heavy atom. The molecule has 18 heavy (non-hydrogen) atoms. The van der Waals surface area contributed by atoms with Gasteiger partial charge < -0.3 is 4.74 Å². The summed E-state index contributed by atoms with van der Waals surface area (Å²) < 4.78 is 31.8. The summed E-state index contributed by atoms with van der Waals surface area (Å²) in [6.45, 7) is 4.43. The number of ether oxygens (including phenoxy) is 1. The lowest BCUT2D eigenvalue weighted by molar-refractivity contribution is -0.0440. The Bertz CT molecular complexity index is 525. The highest BCUT2D eigenvalue weighted by atomic mass is 35.5. The third-order valence-corrected chi connectivity index (χ3v) is 4.76. The SMILES string of the molecule is C[C@@H]1CN(S(=O)(=O)c2ccnc(Cl)c2)C[C@H](C)O1. The van der Waals surface area contributed by atoms with E-state index in [1.54, 1.807) is 0 Å². The van der Waals surface area contributed by atoms with Crippen LogP contribution in [0.3, 0.4) is 0 Å². The zero-order valence-electron chi connectivity index (χ0n) is 10.2. The predicted octanol–water partition coefficient (Wildman–Crippen LogP) is 1.53. The minimum absolute atomic E-state index is 0.110. The van der Waals surface area contributed by atoms with Crippen LogP contribution in [0.4, 0.5) is 0 Å². The summed E-state index contributed by atoms with van der Waals surface area (Å²) in [7, 11) is -3.52. The van der Waals surface area contributed by atoms with Crippen LogP contribution in [0.1, 0.15) is 13.8 Å². The molecule has 2 rings (SSSR count). The van der Waals surface area contributed by atoms with Gasteiger partial charge in [-0.1, -0.05) is 11.6 Å². The molecule has 0 spiro atoms. The molecule has 100 valence electrons. The molecule has 1 saturated heterocycles. The molecule has 0 aromatic carbocycles. The third kappa shape index (κ3) is 2.83. The molecule has 0 radical (unpaired) electrons. The van der Waals surface area contributed by atoms with Crippen molar-refractivity contribution >= 4 is 21.6 Å². The average molecular weight is 291 g/mol. The lowest BCUT2D eigenvalue weighted by Crippen LogP contribution is -2.48. The van der Waals surface area contributed by atoms with E-state index in [1.807, 2.05) is 13.8 Å².